The first-order valence-corrected chi connectivity index (χ1v) is 7.19. The number of rotatable bonds is 1. The molecule has 2 aliphatic heterocycles. The normalized spacial score (nSPS) is 19.7. The molecule has 2 N–H and O–H groups in total. The maximum Gasteiger partial charge on any atom is 0.266 e. The third-order valence-electron chi connectivity index (χ3n) is 4.17. The van der Waals surface area contributed by atoms with Crippen molar-refractivity contribution in [1.29, 1.82) is 0 Å². The Balaban J connectivity index is 2.01. The second-order valence-electron chi connectivity index (χ2n) is 5.46. The Morgan fingerprint density at radius 1 is 1.14 bits per heavy atom. The van der Waals surface area contributed by atoms with Gasteiger partial charge in [-0.15, -0.1) is 0 Å². The van der Waals surface area contributed by atoms with Gasteiger partial charge in [0.1, 0.15) is 5.82 Å². The number of aliphatic imine (C=N–C) groups is 1. The summed E-state index contributed by atoms with van der Waals surface area (Å²) in [5.41, 5.74) is 9.40. The SMILES string of the molecule is NC1N=C(c2ccccc2F)c2cccc3c2N(CC3)C1=O. The molecule has 110 valence electrons. The van der Waals surface area contributed by atoms with Crippen LogP contribution in [0.4, 0.5) is 10.1 Å². The van der Waals surface area contributed by atoms with E-state index in [2.05, 4.69) is 4.99 Å². The van der Waals surface area contributed by atoms with Crippen molar-refractivity contribution >= 4 is 17.3 Å². The smallest absolute Gasteiger partial charge is 0.266 e. The summed E-state index contributed by atoms with van der Waals surface area (Å²) in [5.74, 6) is -0.609. The molecule has 0 saturated heterocycles. The Labute approximate surface area is 127 Å². The average molecular weight is 295 g/mol. The van der Waals surface area contributed by atoms with Crippen molar-refractivity contribution in [2.75, 3.05) is 11.4 Å². The molecule has 2 aliphatic rings. The van der Waals surface area contributed by atoms with Gasteiger partial charge >= 0.3 is 0 Å². The molecule has 4 rings (SSSR count). The molecule has 22 heavy (non-hydrogen) atoms. The summed E-state index contributed by atoms with van der Waals surface area (Å²) in [6.45, 7) is 0.596. The molecule has 0 fully saturated rings. The molecule has 0 spiro atoms. The van der Waals surface area contributed by atoms with Gasteiger partial charge in [0.2, 0.25) is 0 Å². The fraction of sp³-hybridized carbons (Fsp3) is 0.176. The third kappa shape index (κ3) is 1.79. The topological polar surface area (TPSA) is 58.7 Å². The molecule has 1 atom stereocenters. The molecule has 1 amide bonds. The van der Waals surface area contributed by atoms with Gasteiger partial charge in [-0.05, 0) is 24.1 Å². The predicted molar refractivity (Wildman–Crippen MR) is 82.5 cm³/mol. The standard InChI is InChI=1S/C17H14FN3O/c18-13-7-2-1-5-11(13)14-12-6-3-4-10-8-9-21(15(10)12)17(22)16(19)20-14/h1-7,16H,8-9,19H2. The summed E-state index contributed by atoms with van der Waals surface area (Å²) in [6, 6.07) is 12.2. The van der Waals surface area contributed by atoms with E-state index < -0.39 is 6.17 Å². The zero-order chi connectivity index (χ0) is 15.3. The lowest BCUT2D eigenvalue weighted by Gasteiger charge is -2.18. The maximum atomic E-state index is 14.2. The lowest BCUT2D eigenvalue weighted by Crippen LogP contribution is -2.41. The number of para-hydroxylation sites is 1. The zero-order valence-corrected chi connectivity index (χ0v) is 11.8. The van der Waals surface area contributed by atoms with E-state index in [1.54, 1.807) is 23.1 Å². The lowest BCUT2D eigenvalue weighted by molar-refractivity contribution is -0.119. The van der Waals surface area contributed by atoms with Gasteiger partial charge in [-0.1, -0.05) is 30.3 Å². The van der Waals surface area contributed by atoms with Crippen LogP contribution in [0, 0.1) is 5.82 Å². The van der Waals surface area contributed by atoms with E-state index in [1.807, 2.05) is 18.2 Å². The number of halogens is 1. The van der Waals surface area contributed by atoms with Crippen LogP contribution >= 0.6 is 0 Å². The van der Waals surface area contributed by atoms with Gasteiger partial charge in [0.05, 0.1) is 11.4 Å². The Morgan fingerprint density at radius 2 is 1.91 bits per heavy atom. The number of anilines is 1. The van der Waals surface area contributed by atoms with E-state index in [1.165, 1.54) is 6.07 Å². The van der Waals surface area contributed by atoms with E-state index in [9.17, 15) is 9.18 Å². The summed E-state index contributed by atoms with van der Waals surface area (Å²) in [5, 5.41) is 0. The Kier molecular flexibility index (Phi) is 2.84. The fourth-order valence-corrected chi connectivity index (χ4v) is 3.16. The molecule has 2 aromatic rings. The number of nitrogens with zero attached hydrogens (tertiary/aromatic N) is 2. The first-order valence-electron chi connectivity index (χ1n) is 7.19. The molecule has 0 aromatic heterocycles. The van der Waals surface area contributed by atoms with E-state index in [4.69, 9.17) is 5.73 Å². The van der Waals surface area contributed by atoms with Gasteiger partial charge in [-0.25, -0.2) is 4.39 Å². The van der Waals surface area contributed by atoms with E-state index in [-0.39, 0.29) is 11.7 Å². The minimum atomic E-state index is -1.01. The largest absolute Gasteiger partial charge is 0.308 e. The van der Waals surface area contributed by atoms with Crippen molar-refractivity contribution in [1.82, 2.24) is 0 Å². The van der Waals surface area contributed by atoms with Crippen LogP contribution in [0.5, 0.6) is 0 Å². The molecule has 0 bridgehead atoms. The number of benzene rings is 2. The first kappa shape index (κ1) is 13.2. The average Bonchev–Trinajstić information content (AvgIpc) is 2.92. The fourth-order valence-electron chi connectivity index (χ4n) is 3.16. The molecule has 1 unspecified atom stereocenters. The van der Waals surface area contributed by atoms with Crippen molar-refractivity contribution in [3.05, 3.63) is 65.0 Å². The van der Waals surface area contributed by atoms with Gasteiger partial charge in [0, 0.05) is 17.7 Å². The van der Waals surface area contributed by atoms with Gasteiger partial charge in [-0.3, -0.25) is 9.79 Å². The van der Waals surface area contributed by atoms with Gasteiger partial charge in [0.25, 0.3) is 5.91 Å². The second kappa shape index (κ2) is 4.74. The van der Waals surface area contributed by atoms with Crippen LogP contribution in [0.2, 0.25) is 0 Å². The van der Waals surface area contributed by atoms with Crippen LogP contribution in [0.25, 0.3) is 0 Å². The van der Waals surface area contributed by atoms with Crippen molar-refractivity contribution in [2.45, 2.75) is 12.6 Å². The molecule has 0 radical (unpaired) electrons. The van der Waals surface area contributed by atoms with Gasteiger partial charge in [-0.2, -0.15) is 0 Å². The quantitative estimate of drug-likeness (QED) is 0.873. The monoisotopic (exact) mass is 295 g/mol. The number of carbonyl (C=O) groups excluding carboxylic acids is 1. The zero-order valence-electron chi connectivity index (χ0n) is 11.8. The number of amides is 1. The summed E-state index contributed by atoms with van der Waals surface area (Å²) in [7, 11) is 0. The number of hydrogen-bond acceptors (Lipinski definition) is 3. The van der Waals surface area contributed by atoms with Crippen LogP contribution < -0.4 is 10.6 Å². The van der Waals surface area contributed by atoms with E-state index in [0.717, 1.165) is 23.2 Å². The Bertz CT molecular complexity index is 815. The van der Waals surface area contributed by atoms with Crippen molar-refractivity contribution in [2.24, 2.45) is 10.7 Å². The molecule has 0 saturated carbocycles. The van der Waals surface area contributed by atoms with Crippen LogP contribution in [0.15, 0.2) is 47.5 Å². The minimum absolute atomic E-state index is 0.238. The van der Waals surface area contributed by atoms with Crippen LogP contribution in [-0.2, 0) is 11.2 Å². The van der Waals surface area contributed by atoms with Crippen LogP contribution in [0.1, 0.15) is 16.7 Å². The number of hydrogen-bond donors (Lipinski definition) is 1. The number of nitrogens with two attached hydrogens (primary N) is 1. The van der Waals surface area contributed by atoms with E-state index in [0.29, 0.717) is 17.8 Å². The summed E-state index contributed by atoms with van der Waals surface area (Å²) >= 11 is 0. The van der Waals surface area contributed by atoms with Crippen LogP contribution in [0.3, 0.4) is 0 Å². The Hall–Kier alpha value is -2.53. The number of carbonyl (C=O) groups is 1. The van der Waals surface area contributed by atoms with Crippen molar-refractivity contribution in [3.8, 4) is 0 Å². The minimum Gasteiger partial charge on any atom is -0.308 e. The summed E-state index contributed by atoms with van der Waals surface area (Å²) < 4.78 is 14.2. The summed E-state index contributed by atoms with van der Waals surface area (Å²) in [6.07, 6.45) is -0.223. The highest BCUT2D eigenvalue weighted by atomic mass is 19.1. The molecule has 4 nitrogen and oxygen atoms in total. The molecular weight excluding hydrogens is 281 g/mol. The molecular formula is C17H14FN3O. The highest BCUT2D eigenvalue weighted by Crippen LogP contribution is 2.36. The second-order valence-corrected chi connectivity index (χ2v) is 5.46. The highest BCUT2D eigenvalue weighted by molar-refractivity contribution is 6.20. The lowest BCUT2D eigenvalue weighted by atomic mass is 9.98. The highest BCUT2D eigenvalue weighted by Gasteiger charge is 2.35. The van der Waals surface area contributed by atoms with Crippen molar-refractivity contribution < 1.29 is 9.18 Å². The molecule has 2 heterocycles. The Morgan fingerprint density at radius 3 is 2.73 bits per heavy atom. The summed E-state index contributed by atoms with van der Waals surface area (Å²) in [4.78, 5) is 18.4. The maximum absolute atomic E-state index is 14.2. The molecule has 2 aromatic carbocycles. The van der Waals surface area contributed by atoms with E-state index >= 15 is 0 Å². The van der Waals surface area contributed by atoms with Crippen LogP contribution in [-0.4, -0.2) is 24.3 Å². The molecule has 5 heteroatoms. The third-order valence-corrected chi connectivity index (χ3v) is 4.17. The molecule has 0 aliphatic carbocycles. The first-order chi connectivity index (χ1) is 10.7. The van der Waals surface area contributed by atoms with Crippen molar-refractivity contribution in [3.63, 3.8) is 0 Å². The predicted octanol–water partition coefficient (Wildman–Crippen LogP) is 1.85. The van der Waals surface area contributed by atoms with Gasteiger partial charge in [0.15, 0.2) is 6.17 Å². The van der Waals surface area contributed by atoms with Gasteiger partial charge < -0.3 is 10.6 Å².